The lowest BCUT2D eigenvalue weighted by molar-refractivity contribution is -0.135. The first kappa shape index (κ1) is 17.4. The first-order valence-electron chi connectivity index (χ1n) is 9.31. The summed E-state index contributed by atoms with van der Waals surface area (Å²) in [6.07, 6.45) is 2.64. The van der Waals surface area contributed by atoms with Crippen molar-refractivity contribution in [3.05, 3.63) is 30.1 Å². The van der Waals surface area contributed by atoms with Crippen LogP contribution in [0.4, 0.5) is 10.1 Å². The van der Waals surface area contributed by atoms with Crippen LogP contribution in [0.15, 0.2) is 29.4 Å². The van der Waals surface area contributed by atoms with Crippen LogP contribution in [0.1, 0.15) is 26.2 Å². The van der Waals surface area contributed by atoms with Crippen molar-refractivity contribution in [1.29, 1.82) is 0 Å². The van der Waals surface area contributed by atoms with Gasteiger partial charge in [0.2, 0.25) is 0 Å². The van der Waals surface area contributed by atoms with Crippen molar-refractivity contribution in [2.45, 2.75) is 31.8 Å². The fourth-order valence-electron chi connectivity index (χ4n) is 4.58. The van der Waals surface area contributed by atoms with Crippen molar-refractivity contribution in [1.82, 2.24) is 4.90 Å². The van der Waals surface area contributed by atoms with Gasteiger partial charge in [-0.25, -0.2) is 14.2 Å². The molecule has 1 aliphatic carbocycles. The summed E-state index contributed by atoms with van der Waals surface area (Å²) in [6.45, 7) is 4.84. The van der Waals surface area contributed by atoms with E-state index in [9.17, 15) is 9.18 Å². The fourth-order valence-corrected chi connectivity index (χ4v) is 4.58. The molecule has 6 nitrogen and oxygen atoms in total. The minimum absolute atomic E-state index is 0.0840. The molecule has 4 rings (SSSR count). The number of hydrogen-bond donors (Lipinski definition) is 0. The number of carbonyl (C=O) groups is 1. The summed E-state index contributed by atoms with van der Waals surface area (Å²) < 4.78 is 25.4. The lowest BCUT2D eigenvalue weighted by atomic mass is 9.89. The minimum atomic E-state index is -0.520. The Morgan fingerprint density at radius 2 is 2.15 bits per heavy atom. The Labute approximate surface area is 152 Å². The predicted octanol–water partition coefficient (Wildman–Crippen LogP) is 2.39. The lowest BCUT2D eigenvalue weighted by Gasteiger charge is -2.48. The fraction of sp³-hybridized carbons (Fsp3) is 0.579. The quantitative estimate of drug-likeness (QED) is 0.771. The van der Waals surface area contributed by atoms with Crippen LogP contribution in [0.2, 0.25) is 0 Å². The Kier molecular flexibility index (Phi) is 4.67. The maximum Gasteiger partial charge on any atom is 0.354 e. The first-order valence-corrected chi connectivity index (χ1v) is 9.31. The lowest BCUT2D eigenvalue weighted by Crippen LogP contribution is -2.62. The van der Waals surface area contributed by atoms with Gasteiger partial charge in [-0.1, -0.05) is 12.1 Å². The molecule has 7 heteroatoms. The highest BCUT2D eigenvalue weighted by Crippen LogP contribution is 2.50. The highest BCUT2D eigenvalue weighted by molar-refractivity contribution is 6.38. The number of halogens is 1. The van der Waals surface area contributed by atoms with Crippen LogP contribution in [0, 0.1) is 11.7 Å². The van der Waals surface area contributed by atoms with Gasteiger partial charge in [0.05, 0.1) is 25.5 Å². The van der Waals surface area contributed by atoms with Crippen LogP contribution in [-0.2, 0) is 14.3 Å². The monoisotopic (exact) mass is 361 g/mol. The normalized spacial score (nSPS) is 28.8. The molecule has 26 heavy (non-hydrogen) atoms. The second-order valence-corrected chi connectivity index (χ2v) is 6.89. The van der Waals surface area contributed by atoms with E-state index in [1.54, 1.807) is 30.1 Å². The minimum Gasteiger partial charge on any atom is -0.461 e. The Morgan fingerprint density at radius 3 is 2.88 bits per heavy atom. The second kappa shape index (κ2) is 6.96. The number of anilines is 1. The molecule has 1 aromatic rings. The van der Waals surface area contributed by atoms with E-state index in [0.717, 1.165) is 32.4 Å². The average Bonchev–Trinajstić information content (AvgIpc) is 3.22. The van der Waals surface area contributed by atoms with Crippen molar-refractivity contribution < 1.29 is 18.7 Å². The topological polar surface area (TPSA) is 54.4 Å². The van der Waals surface area contributed by atoms with Gasteiger partial charge in [0.1, 0.15) is 11.5 Å². The van der Waals surface area contributed by atoms with Crippen LogP contribution in [0.3, 0.4) is 0 Å². The van der Waals surface area contributed by atoms with E-state index in [1.807, 2.05) is 0 Å². The van der Waals surface area contributed by atoms with Crippen molar-refractivity contribution in [2.24, 2.45) is 11.0 Å². The zero-order valence-corrected chi connectivity index (χ0v) is 15.0. The number of ether oxygens (including phenoxy) is 2. The molecule has 0 bridgehead atoms. The number of morpholine rings is 1. The molecule has 2 heterocycles. The summed E-state index contributed by atoms with van der Waals surface area (Å²) in [5.41, 5.74) is 0.304. The van der Waals surface area contributed by atoms with Crippen molar-refractivity contribution in [2.75, 3.05) is 37.9 Å². The maximum absolute atomic E-state index is 14.6. The van der Waals surface area contributed by atoms with E-state index in [-0.39, 0.29) is 11.7 Å². The van der Waals surface area contributed by atoms with Gasteiger partial charge in [0, 0.05) is 19.0 Å². The summed E-state index contributed by atoms with van der Waals surface area (Å²) in [5, 5.41) is 6.37. The molecule has 2 atom stereocenters. The molecule has 140 valence electrons. The van der Waals surface area contributed by atoms with Crippen LogP contribution in [-0.4, -0.2) is 55.2 Å². The van der Waals surface area contributed by atoms with Crippen LogP contribution >= 0.6 is 0 Å². The number of fused-ring (bicyclic) bond motifs is 1. The predicted molar refractivity (Wildman–Crippen MR) is 95.4 cm³/mol. The van der Waals surface area contributed by atoms with E-state index < -0.39 is 11.6 Å². The number of esters is 1. The van der Waals surface area contributed by atoms with E-state index in [0.29, 0.717) is 31.2 Å². The number of rotatable bonds is 4. The molecular weight excluding hydrogens is 337 g/mol. The molecule has 1 saturated heterocycles. The third kappa shape index (κ3) is 2.61. The highest BCUT2D eigenvalue weighted by Gasteiger charge is 2.60. The van der Waals surface area contributed by atoms with Gasteiger partial charge in [-0.2, -0.15) is 5.10 Å². The van der Waals surface area contributed by atoms with E-state index in [1.165, 1.54) is 6.07 Å². The van der Waals surface area contributed by atoms with Crippen LogP contribution in [0.5, 0.6) is 0 Å². The summed E-state index contributed by atoms with van der Waals surface area (Å²) >= 11 is 0. The number of hydrogen-bond acceptors (Lipinski definition) is 6. The van der Waals surface area contributed by atoms with E-state index in [4.69, 9.17) is 9.47 Å². The van der Waals surface area contributed by atoms with Crippen molar-refractivity contribution >= 4 is 17.4 Å². The molecule has 0 N–H and O–H groups in total. The molecule has 0 spiro atoms. The molecular formula is C19H24FN3O3. The number of benzene rings is 1. The second-order valence-electron chi connectivity index (χ2n) is 6.89. The molecule has 0 unspecified atom stereocenters. The number of hydrazone groups is 1. The molecule has 0 aromatic heterocycles. The standard InChI is InChI=1S/C19H24FN3O3/c1-2-26-18(24)17-14-6-5-9-19(14,22-10-12-25-13-11-22)23(21-17)16-8-4-3-7-15(16)20/h3-4,7-8,14H,2,5-6,9-13H2,1H3/t14-,19+/m1/s1. The Hall–Kier alpha value is -1.99. The Bertz CT molecular complexity index is 720. The molecule has 1 aromatic carbocycles. The van der Waals surface area contributed by atoms with Crippen molar-refractivity contribution in [3.8, 4) is 0 Å². The van der Waals surface area contributed by atoms with Crippen LogP contribution < -0.4 is 5.01 Å². The molecule has 2 fully saturated rings. The third-order valence-corrected chi connectivity index (χ3v) is 5.62. The van der Waals surface area contributed by atoms with Gasteiger partial charge in [-0.05, 0) is 38.3 Å². The van der Waals surface area contributed by atoms with Gasteiger partial charge in [-0.3, -0.25) is 4.90 Å². The third-order valence-electron chi connectivity index (χ3n) is 5.62. The summed E-state index contributed by atoms with van der Waals surface area (Å²) in [7, 11) is 0. The number of para-hydroxylation sites is 1. The number of carbonyl (C=O) groups excluding carboxylic acids is 1. The van der Waals surface area contributed by atoms with Crippen molar-refractivity contribution in [3.63, 3.8) is 0 Å². The smallest absolute Gasteiger partial charge is 0.354 e. The molecule has 1 saturated carbocycles. The highest BCUT2D eigenvalue weighted by atomic mass is 19.1. The van der Waals surface area contributed by atoms with E-state index in [2.05, 4.69) is 10.0 Å². The maximum atomic E-state index is 14.6. The Morgan fingerprint density at radius 1 is 1.38 bits per heavy atom. The molecule has 2 aliphatic heterocycles. The molecule has 3 aliphatic rings. The van der Waals surface area contributed by atoms with Gasteiger partial charge >= 0.3 is 5.97 Å². The van der Waals surface area contributed by atoms with Gasteiger partial charge < -0.3 is 9.47 Å². The Balaban J connectivity index is 1.81. The van der Waals surface area contributed by atoms with Gasteiger partial charge in [0.25, 0.3) is 0 Å². The zero-order chi connectivity index (χ0) is 18.1. The first-order chi connectivity index (χ1) is 12.7. The van der Waals surface area contributed by atoms with Crippen LogP contribution in [0.25, 0.3) is 0 Å². The summed E-state index contributed by atoms with van der Waals surface area (Å²) in [4.78, 5) is 14.9. The summed E-state index contributed by atoms with van der Waals surface area (Å²) in [6, 6.07) is 6.63. The molecule has 0 amide bonds. The van der Waals surface area contributed by atoms with E-state index >= 15 is 0 Å². The van der Waals surface area contributed by atoms with Gasteiger partial charge in [-0.15, -0.1) is 0 Å². The van der Waals surface area contributed by atoms with Gasteiger partial charge in [0.15, 0.2) is 5.71 Å². The SMILES string of the molecule is CCOC(=O)C1=NN(c2ccccc2F)[C@@]2(N3CCOCC3)CCC[C@H]12. The summed E-state index contributed by atoms with van der Waals surface area (Å²) in [5.74, 6) is -0.810. The average molecular weight is 361 g/mol. The largest absolute Gasteiger partial charge is 0.461 e. The zero-order valence-electron chi connectivity index (χ0n) is 15.0. The number of nitrogens with zero attached hydrogens (tertiary/aromatic N) is 3. The molecule has 0 radical (unpaired) electrons.